The van der Waals surface area contributed by atoms with E-state index < -0.39 is 0 Å². The summed E-state index contributed by atoms with van der Waals surface area (Å²) in [5, 5.41) is 4.89. The van der Waals surface area contributed by atoms with Gasteiger partial charge in [-0.15, -0.1) is 0 Å². The van der Waals surface area contributed by atoms with Gasteiger partial charge in [-0.2, -0.15) is 0 Å². The molecule has 2 rings (SSSR count). The quantitative estimate of drug-likeness (QED) is 0.806. The van der Waals surface area contributed by atoms with Crippen molar-refractivity contribution >= 4 is 34.8 Å². The van der Waals surface area contributed by atoms with Gasteiger partial charge in [-0.25, -0.2) is 0 Å². The lowest BCUT2D eigenvalue weighted by Crippen LogP contribution is -2.23. The van der Waals surface area contributed by atoms with E-state index in [1.165, 1.54) is 0 Å². The van der Waals surface area contributed by atoms with Crippen LogP contribution in [0, 0.1) is 0 Å². The normalized spacial score (nSPS) is 12.6. The van der Waals surface area contributed by atoms with E-state index in [0.717, 1.165) is 24.1 Å². The summed E-state index contributed by atoms with van der Waals surface area (Å²) >= 11 is 18.1. The summed E-state index contributed by atoms with van der Waals surface area (Å²) in [6.07, 6.45) is 2.60. The van der Waals surface area contributed by atoms with E-state index >= 15 is 0 Å². The number of nitrogens with one attached hydrogen (secondary N) is 1. The highest BCUT2D eigenvalue weighted by Gasteiger charge is 2.19. The Morgan fingerprint density at radius 2 is 1.95 bits per heavy atom. The lowest BCUT2D eigenvalue weighted by atomic mass is 10.0. The van der Waals surface area contributed by atoms with Crippen LogP contribution in [-0.4, -0.2) is 6.54 Å². The van der Waals surface area contributed by atoms with Crippen LogP contribution >= 0.6 is 34.8 Å². The van der Waals surface area contributed by atoms with Crippen LogP contribution in [0.15, 0.2) is 34.9 Å². The van der Waals surface area contributed by atoms with Crippen molar-refractivity contribution in [3.63, 3.8) is 0 Å². The summed E-state index contributed by atoms with van der Waals surface area (Å²) in [7, 11) is 0. The van der Waals surface area contributed by atoms with E-state index in [4.69, 9.17) is 39.2 Å². The fraction of sp³-hybridized carbons (Fsp3) is 0.286. The second-order valence-electron chi connectivity index (χ2n) is 4.21. The Kier molecular flexibility index (Phi) is 5.17. The summed E-state index contributed by atoms with van der Waals surface area (Å²) in [5.74, 6) is 0. The molecule has 0 aliphatic rings. The second-order valence-corrected chi connectivity index (χ2v) is 5.37. The molecule has 0 aliphatic heterocycles. The van der Waals surface area contributed by atoms with Gasteiger partial charge >= 0.3 is 0 Å². The highest BCUT2D eigenvalue weighted by atomic mass is 35.5. The molecule has 0 saturated heterocycles. The molecule has 2 nitrogen and oxygen atoms in total. The van der Waals surface area contributed by atoms with Crippen LogP contribution in [0.1, 0.15) is 30.5 Å². The van der Waals surface area contributed by atoms with E-state index in [2.05, 4.69) is 12.2 Å². The van der Waals surface area contributed by atoms with Crippen molar-refractivity contribution in [3.05, 3.63) is 56.9 Å². The molecule has 2 aromatic rings. The topological polar surface area (TPSA) is 25.2 Å². The zero-order valence-electron chi connectivity index (χ0n) is 10.4. The Bertz CT molecular complexity index is 553. The highest BCUT2D eigenvalue weighted by molar-refractivity contribution is 6.42. The maximum absolute atomic E-state index is 6.08. The van der Waals surface area contributed by atoms with Crippen molar-refractivity contribution in [2.24, 2.45) is 0 Å². The molecule has 1 atom stereocenters. The molecule has 1 aromatic carbocycles. The first-order valence-electron chi connectivity index (χ1n) is 6.04. The van der Waals surface area contributed by atoms with Gasteiger partial charge in [-0.1, -0.05) is 36.2 Å². The van der Waals surface area contributed by atoms with Crippen LogP contribution in [0.5, 0.6) is 0 Å². The molecule has 0 aliphatic carbocycles. The Morgan fingerprint density at radius 3 is 2.53 bits per heavy atom. The molecular formula is C14H14Cl3NO. The van der Waals surface area contributed by atoms with Crippen molar-refractivity contribution in [2.45, 2.75) is 19.4 Å². The Balaban J connectivity index is 2.37. The predicted molar refractivity (Wildman–Crippen MR) is 80.3 cm³/mol. The van der Waals surface area contributed by atoms with Crippen LogP contribution in [0.4, 0.5) is 0 Å². The fourth-order valence-electron chi connectivity index (χ4n) is 1.90. The molecule has 1 aromatic heterocycles. The average Bonchev–Trinajstić information content (AvgIpc) is 2.80. The number of hydrogen-bond acceptors (Lipinski definition) is 2. The molecule has 1 heterocycles. The minimum absolute atomic E-state index is 0.0547. The summed E-state index contributed by atoms with van der Waals surface area (Å²) in [5.41, 5.74) is 1.90. The zero-order chi connectivity index (χ0) is 13.8. The molecule has 0 saturated carbocycles. The van der Waals surface area contributed by atoms with Crippen LogP contribution < -0.4 is 5.32 Å². The zero-order valence-corrected chi connectivity index (χ0v) is 12.7. The van der Waals surface area contributed by atoms with E-state index in [1.807, 2.05) is 18.2 Å². The van der Waals surface area contributed by atoms with Crippen LogP contribution in [-0.2, 0) is 0 Å². The van der Waals surface area contributed by atoms with Gasteiger partial charge in [-0.3, -0.25) is 0 Å². The second kappa shape index (κ2) is 6.67. The van der Waals surface area contributed by atoms with Gasteiger partial charge in [0.25, 0.3) is 0 Å². The smallest absolute Gasteiger partial charge is 0.198 e. The Morgan fingerprint density at radius 1 is 1.16 bits per heavy atom. The largest absolute Gasteiger partial charge is 0.453 e. The average molecular weight is 319 g/mol. The van der Waals surface area contributed by atoms with Crippen LogP contribution in [0.25, 0.3) is 0 Å². The third-order valence-corrected chi connectivity index (χ3v) is 3.88. The number of benzene rings is 1. The van der Waals surface area contributed by atoms with Gasteiger partial charge < -0.3 is 9.73 Å². The summed E-state index contributed by atoms with van der Waals surface area (Å²) in [4.78, 5) is 0. The van der Waals surface area contributed by atoms with Gasteiger partial charge in [0.05, 0.1) is 22.4 Å². The Labute approximate surface area is 127 Å². The lowest BCUT2D eigenvalue weighted by Gasteiger charge is -2.18. The van der Waals surface area contributed by atoms with Gasteiger partial charge in [0.15, 0.2) is 5.22 Å². The highest BCUT2D eigenvalue weighted by Crippen LogP contribution is 2.32. The van der Waals surface area contributed by atoms with Gasteiger partial charge in [0.2, 0.25) is 0 Å². The first-order valence-corrected chi connectivity index (χ1v) is 7.18. The fourth-order valence-corrected chi connectivity index (χ4v) is 2.43. The first-order chi connectivity index (χ1) is 9.13. The standard InChI is InChI=1S/C14H14Cl3NO/c1-2-6-18-13(10-5-7-19-14(10)17)9-3-4-11(15)12(16)8-9/h3-5,7-8,13,18H,2,6H2,1H3. The molecule has 0 spiro atoms. The predicted octanol–water partition coefficient (Wildman–Crippen LogP) is 5.33. The third kappa shape index (κ3) is 3.46. The molecule has 0 fully saturated rings. The third-order valence-electron chi connectivity index (χ3n) is 2.83. The maximum atomic E-state index is 6.08. The van der Waals surface area contributed by atoms with Crippen LogP contribution in [0.3, 0.4) is 0 Å². The van der Waals surface area contributed by atoms with E-state index in [0.29, 0.717) is 15.3 Å². The summed E-state index contributed by atoms with van der Waals surface area (Å²) < 4.78 is 5.17. The minimum atomic E-state index is -0.0547. The first kappa shape index (κ1) is 14.7. The maximum Gasteiger partial charge on any atom is 0.198 e. The van der Waals surface area contributed by atoms with Crippen molar-refractivity contribution < 1.29 is 4.42 Å². The minimum Gasteiger partial charge on any atom is -0.453 e. The molecule has 1 N–H and O–H groups in total. The van der Waals surface area contributed by atoms with Crippen molar-refractivity contribution in [1.82, 2.24) is 5.32 Å². The van der Waals surface area contributed by atoms with Gasteiger partial charge in [0, 0.05) is 5.56 Å². The number of rotatable bonds is 5. The van der Waals surface area contributed by atoms with Crippen molar-refractivity contribution in [2.75, 3.05) is 6.54 Å². The number of halogens is 3. The lowest BCUT2D eigenvalue weighted by molar-refractivity contribution is 0.550. The number of furan rings is 1. The molecule has 0 radical (unpaired) electrons. The van der Waals surface area contributed by atoms with Crippen molar-refractivity contribution in [1.29, 1.82) is 0 Å². The summed E-state index contributed by atoms with van der Waals surface area (Å²) in [6.45, 7) is 2.97. The molecule has 0 bridgehead atoms. The molecule has 1 unspecified atom stereocenters. The number of hydrogen-bond donors (Lipinski definition) is 1. The van der Waals surface area contributed by atoms with Crippen LogP contribution in [0.2, 0.25) is 15.3 Å². The van der Waals surface area contributed by atoms with Gasteiger partial charge in [0.1, 0.15) is 0 Å². The molecule has 102 valence electrons. The van der Waals surface area contributed by atoms with Crippen molar-refractivity contribution in [3.8, 4) is 0 Å². The Hall–Kier alpha value is -0.670. The SMILES string of the molecule is CCCNC(c1ccc(Cl)c(Cl)c1)c1ccoc1Cl. The summed E-state index contributed by atoms with van der Waals surface area (Å²) in [6, 6.07) is 7.37. The molecular weight excluding hydrogens is 305 g/mol. The van der Waals surface area contributed by atoms with E-state index in [1.54, 1.807) is 12.3 Å². The van der Waals surface area contributed by atoms with E-state index in [9.17, 15) is 0 Å². The molecule has 5 heteroatoms. The van der Waals surface area contributed by atoms with E-state index in [-0.39, 0.29) is 6.04 Å². The monoisotopic (exact) mass is 317 g/mol. The molecule has 0 amide bonds. The van der Waals surface area contributed by atoms with Gasteiger partial charge in [-0.05, 0) is 48.3 Å². The molecule has 19 heavy (non-hydrogen) atoms.